The van der Waals surface area contributed by atoms with Gasteiger partial charge in [0.15, 0.2) is 0 Å². The fourth-order valence-corrected chi connectivity index (χ4v) is 4.00. The quantitative estimate of drug-likeness (QED) is 0.928. The second-order valence-electron chi connectivity index (χ2n) is 7.49. The van der Waals surface area contributed by atoms with Crippen molar-refractivity contribution in [3.8, 4) is 0 Å². The van der Waals surface area contributed by atoms with Crippen LogP contribution in [0.4, 0.5) is 5.69 Å². The van der Waals surface area contributed by atoms with Gasteiger partial charge in [0.25, 0.3) is 5.91 Å². The van der Waals surface area contributed by atoms with Crippen LogP contribution >= 0.6 is 0 Å². The van der Waals surface area contributed by atoms with Gasteiger partial charge in [-0.1, -0.05) is 13.0 Å². The maximum atomic E-state index is 12.7. The van der Waals surface area contributed by atoms with Crippen LogP contribution < -0.4 is 10.2 Å². The molecule has 3 aliphatic rings. The minimum absolute atomic E-state index is 0.0838. The van der Waals surface area contributed by atoms with Gasteiger partial charge < -0.3 is 10.2 Å². The lowest BCUT2D eigenvalue weighted by Gasteiger charge is -2.20. The van der Waals surface area contributed by atoms with Crippen LogP contribution in [0.15, 0.2) is 24.3 Å². The van der Waals surface area contributed by atoms with Crippen LogP contribution in [0, 0.1) is 5.92 Å². The molecule has 23 heavy (non-hydrogen) atoms. The van der Waals surface area contributed by atoms with E-state index in [-0.39, 0.29) is 5.91 Å². The number of benzene rings is 1. The second kappa shape index (κ2) is 6.16. The predicted molar refractivity (Wildman–Crippen MR) is 92.9 cm³/mol. The van der Waals surface area contributed by atoms with Crippen molar-refractivity contribution in [2.45, 2.75) is 44.7 Å². The lowest BCUT2D eigenvalue weighted by molar-refractivity contribution is 0.0931. The van der Waals surface area contributed by atoms with Crippen molar-refractivity contribution in [2.75, 3.05) is 31.1 Å². The number of anilines is 1. The summed E-state index contributed by atoms with van der Waals surface area (Å²) in [6, 6.07) is 9.20. The van der Waals surface area contributed by atoms with E-state index in [9.17, 15) is 4.79 Å². The molecule has 1 amide bonds. The molecule has 1 aromatic rings. The molecule has 2 aliphatic heterocycles. The number of likely N-dealkylation sites (tertiary alicyclic amines) is 1. The number of nitrogens with zero attached hydrogens (tertiary/aromatic N) is 2. The van der Waals surface area contributed by atoms with Gasteiger partial charge in [-0.05, 0) is 49.8 Å². The third-order valence-electron chi connectivity index (χ3n) is 5.60. The van der Waals surface area contributed by atoms with E-state index in [4.69, 9.17) is 0 Å². The van der Waals surface area contributed by atoms with Crippen molar-refractivity contribution in [2.24, 2.45) is 5.92 Å². The highest BCUT2D eigenvalue weighted by Gasteiger charge is 2.38. The number of nitrogens with one attached hydrogen (secondary N) is 1. The molecule has 0 unspecified atom stereocenters. The fourth-order valence-electron chi connectivity index (χ4n) is 4.00. The van der Waals surface area contributed by atoms with E-state index in [0.717, 1.165) is 37.8 Å². The van der Waals surface area contributed by atoms with Crippen molar-refractivity contribution >= 4 is 11.6 Å². The predicted octanol–water partition coefficient (Wildman–Crippen LogP) is 2.50. The largest absolute Gasteiger partial charge is 0.372 e. The topological polar surface area (TPSA) is 35.6 Å². The Labute approximate surface area is 138 Å². The molecular formula is C19H27N3O. The van der Waals surface area contributed by atoms with Gasteiger partial charge in [0, 0.05) is 49.5 Å². The molecule has 2 heterocycles. The number of rotatable bonds is 4. The van der Waals surface area contributed by atoms with Crippen molar-refractivity contribution in [1.29, 1.82) is 0 Å². The molecule has 2 atom stereocenters. The summed E-state index contributed by atoms with van der Waals surface area (Å²) in [5, 5.41) is 3.28. The summed E-state index contributed by atoms with van der Waals surface area (Å²) in [5.41, 5.74) is 1.99. The standard InChI is InChI=1S/C19H27N3O/c1-14-12-22(16-7-8-16)13-18(14)20-19(23)15-5-4-6-17(11-15)21-9-2-3-10-21/h4-6,11,14,16,18H,2-3,7-10,12-13H2,1H3,(H,20,23)/t14-,18-/m1/s1. The van der Waals surface area contributed by atoms with Gasteiger partial charge in [0.05, 0.1) is 0 Å². The summed E-state index contributed by atoms with van der Waals surface area (Å²) in [7, 11) is 0. The highest BCUT2D eigenvalue weighted by Crippen LogP contribution is 2.32. The number of carbonyl (C=O) groups excluding carboxylic acids is 1. The lowest BCUT2D eigenvalue weighted by atomic mass is 10.1. The van der Waals surface area contributed by atoms with E-state index in [1.165, 1.54) is 31.4 Å². The molecular weight excluding hydrogens is 286 g/mol. The van der Waals surface area contributed by atoms with Gasteiger partial charge in [-0.3, -0.25) is 9.69 Å². The Kier molecular flexibility index (Phi) is 4.02. The normalized spacial score (nSPS) is 28.3. The molecule has 1 saturated carbocycles. The fraction of sp³-hybridized carbons (Fsp3) is 0.632. The van der Waals surface area contributed by atoms with Gasteiger partial charge in [-0.25, -0.2) is 0 Å². The second-order valence-corrected chi connectivity index (χ2v) is 7.49. The Morgan fingerprint density at radius 1 is 1.17 bits per heavy atom. The zero-order valence-electron chi connectivity index (χ0n) is 14.0. The Morgan fingerprint density at radius 3 is 2.70 bits per heavy atom. The molecule has 0 aromatic heterocycles. The molecule has 3 fully saturated rings. The first-order valence-corrected chi connectivity index (χ1v) is 9.10. The van der Waals surface area contributed by atoms with Crippen LogP contribution in [-0.2, 0) is 0 Å². The van der Waals surface area contributed by atoms with Gasteiger partial charge in [-0.15, -0.1) is 0 Å². The third-order valence-corrected chi connectivity index (χ3v) is 5.60. The summed E-state index contributed by atoms with van der Waals surface area (Å²) < 4.78 is 0. The molecule has 2 saturated heterocycles. The molecule has 1 aliphatic carbocycles. The molecule has 1 aromatic carbocycles. The third kappa shape index (κ3) is 3.23. The SMILES string of the molecule is C[C@@H]1CN(C2CC2)C[C@H]1NC(=O)c1cccc(N2CCCC2)c1. The summed E-state index contributed by atoms with van der Waals surface area (Å²) in [5.74, 6) is 0.627. The molecule has 0 bridgehead atoms. The van der Waals surface area contributed by atoms with Gasteiger partial charge in [0.2, 0.25) is 0 Å². The van der Waals surface area contributed by atoms with Gasteiger partial charge in [0.1, 0.15) is 0 Å². The highest BCUT2D eigenvalue weighted by atomic mass is 16.1. The molecule has 1 N–H and O–H groups in total. The number of hydrogen-bond donors (Lipinski definition) is 1. The Bertz CT molecular complexity index is 578. The first-order valence-electron chi connectivity index (χ1n) is 9.10. The van der Waals surface area contributed by atoms with Crippen molar-refractivity contribution in [1.82, 2.24) is 10.2 Å². The van der Waals surface area contributed by atoms with E-state index in [1.54, 1.807) is 0 Å². The van der Waals surface area contributed by atoms with Crippen LogP contribution in [0.2, 0.25) is 0 Å². The average molecular weight is 313 g/mol. The van der Waals surface area contributed by atoms with Crippen LogP contribution in [0.3, 0.4) is 0 Å². The maximum Gasteiger partial charge on any atom is 0.251 e. The van der Waals surface area contributed by atoms with E-state index in [0.29, 0.717) is 12.0 Å². The lowest BCUT2D eigenvalue weighted by Crippen LogP contribution is -2.40. The highest BCUT2D eigenvalue weighted by molar-refractivity contribution is 5.95. The van der Waals surface area contributed by atoms with E-state index >= 15 is 0 Å². The Morgan fingerprint density at radius 2 is 1.96 bits per heavy atom. The summed E-state index contributed by atoms with van der Waals surface area (Å²) >= 11 is 0. The smallest absolute Gasteiger partial charge is 0.251 e. The van der Waals surface area contributed by atoms with Crippen molar-refractivity contribution in [3.05, 3.63) is 29.8 Å². The van der Waals surface area contributed by atoms with Crippen LogP contribution in [0.1, 0.15) is 43.0 Å². The maximum absolute atomic E-state index is 12.7. The molecule has 0 radical (unpaired) electrons. The molecule has 124 valence electrons. The monoisotopic (exact) mass is 313 g/mol. The molecule has 4 nitrogen and oxygen atoms in total. The van der Waals surface area contributed by atoms with Crippen LogP contribution in [0.5, 0.6) is 0 Å². The van der Waals surface area contributed by atoms with Gasteiger partial charge >= 0.3 is 0 Å². The zero-order valence-corrected chi connectivity index (χ0v) is 14.0. The minimum Gasteiger partial charge on any atom is -0.372 e. The molecule has 0 spiro atoms. The zero-order chi connectivity index (χ0) is 15.8. The van der Waals surface area contributed by atoms with Crippen molar-refractivity contribution in [3.63, 3.8) is 0 Å². The first-order chi connectivity index (χ1) is 11.2. The number of amides is 1. The van der Waals surface area contributed by atoms with E-state index < -0.39 is 0 Å². The molecule has 4 heteroatoms. The summed E-state index contributed by atoms with van der Waals surface area (Å²) in [6.07, 6.45) is 5.19. The summed E-state index contributed by atoms with van der Waals surface area (Å²) in [6.45, 7) is 6.63. The minimum atomic E-state index is 0.0838. The van der Waals surface area contributed by atoms with E-state index in [2.05, 4.69) is 34.2 Å². The Hall–Kier alpha value is -1.55. The van der Waals surface area contributed by atoms with E-state index in [1.807, 2.05) is 12.1 Å². The summed E-state index contributed by atoms with van der Waals surface area (Å²) in [4.78, 5) is 17.6. The Balaban J connectivity index is 1.41. The first kappa shape index (κ1) is 15.0. The number of hydrogen-bond acceptors (Lipinski definition) is 3. The average Bonchev–Trinajstić information content (AvgIpc) is 3.14. The van der Waals surface area contributed by atoms with Gasteiger partial charge in [-0.2, -0.15) is 0 Å². The molecule has 4 rings (SSSR count). The van der Waals surface area contributed by atoms with Crippen molar-refractivity contribution < 1.29 is 4.79 Å². The van der Waals surface area contributed by atoms with Crippen LogP contribution in [0.25, 0.3) is 0 Å². The number of carbonyl (C=O) groups is 1. The van der Waals surface area contributed by atoms with Crippen LogP contribution in [-0.4, -0.2) is 49.1 Å².